The van der Waals surface area contributed by atoms with Gasteiger partial charge in [-0.15, -0.1) is 0 Å². The van der Waals surface area contributed by atoms with E-state index in [1.807, 2.05) is 18.2 Å². The maximum atomic E-state index is 5.88. The standard InChI is InChI=1S/C23H30N2O2/c1-2-5-19(6-3-1)16-27-20-11-9-18(10-12-20)15-25-22-8-4-7-21(22)23-17-26-14-13-24-23/h1-3,5-6,9-12,21-25H,4,7-8,13-17H2. The molecule has 4 nitrogen and oxygen atoms in total. The second-order valence-electron chi connectivity index (χ2n) is 7.64. The number of morpholine rings is 1. The molecule has 4 rings (SSSR count). The van der Waals surface area contributed by atoms with Crippen LogP contribution in [0.5, 0.6) is 5.75 Å². The Morgan fingerprint density at radius 1 is 1.00 bits per heavy atom. The number of ether oxygens (including phenoxy) is 2. The van der Waals surface area contributed by atoms with Gasteiger partial charge in [-0.3, -0.25) is 0 Å². The molecule has 0 aromatic heterocycles. The van der Waals surface area contributed by atoms with Crippen LogP contribution in [0.2, 0.25) is 0 Å². The summed E-state index contributed by atoms with van der Waals surface area (Å²) in [6, 6.07) is 19.8. The fourth-order valence-corrected chi connectivity index (χ4v) is 4.28. The predicted molar refractivity (Wildman–Crippen MR) is 108 cm³/mol. The Morgan fingerprint density at radius 3 is 2.63 bits per heavy atom. The molecule has 1 aliphatic heterocycles. The van der Waals surface area contributed by atoms with Gasteiger partial charge in [0, 0.05) is 25.2 Å². The van der Waals surface area contributed by atoms with E-state index in [1.165, 1.54) is 30.4 Å². The number of rotatable bonds is 7. The number of nitrogens with one attached hydrogen (secondary N) is 2. The first kappa shape index (κ1) is 18.5. The zero-order valence-electron chi connectivity index (χ0n) is 15.9. The third-order valence-corrected chi connectivity index (χ3v) is 5.78. The van der Waals surface area contributed by atoms with Crippen molar-refractivity contribution in [3.05, 3.63) is 65.7 Å². The van der Waals surface area contributed by atoms with E-state index in [1.54, 1.807) is 0 Å². The lowest BCUT2D eigenvalue weighted by atomic mass is 9.94. The van der Waals surface area contributed by atoms with Crippen LogP contribution in [0.1, 0.15) is 30.4 Å². The van der Waals surface area contributed by atoms with Gasteiger partial charge in [0.2, 0.25) is 0 Å². The molecule has 0 bridgehead atoms. The summed E-state index contributed by atoms with van der Waals surface area (Å²) in [6.45, 7) is 4.21. The minimum absolute atomic E-state index is 0.507. The van der Waals surface area contributed by atoms with Crippen LogP contribution in [0.25, 0.3) is 0 Å². The van der Waals surface area contributed by atoms with E-state index < -0.39 is 0 Å². The third-order valence-electron chi connectivity index (χ3n) is 5.78. The van der Waals surface area contributed by atoms with E-state index in [4.69, 9.17) is 9.47 Å². The highest BCUT2D eigenvalue weighted by molar-refractivity contribution is 5.28. The molecule has 1 saturated carbocycles. The lowest BCUT2D eigenvalue weighted by Crippen LogP contribution is -2.50. The second-order valence-corrected chi connectivity index (χ2v) is 7.64. The van der Waals surface area contributed by atoms with Crippen LogP contribution in [-0.2, 0) is 17.9 Å². The van der Waals surface area contributed by atoms with Gasteiger partial charge in [-0.1, -0.05) is 48.9 Å². The molecule has 2 aliphatic rings. The Hall–Kier alpha value is -1.88. The zero-order valence-corrected chi connectivity index (χ0v) is 15.9. The van der Waals surface area contributed by atoms with Crippen LogP contribution in [0.3, 0.4) is 0 Å². The van der Waals surface area contributed by atoms with Crippen LogP contribution in [0.15, 0.2) is 54.6 Å². The highest BCUT2D eigenvalue weighted by Gasteiger charge is 2.34. The summed E-state index contributed by atoms with van der Waals surface area (Å²) in [6.07, 6.45) is 3.87. The summed E-state index contributed by atoms with van der Waals surface area (Å²) in [7, 11) is 0. The SMILES string of the molecule is c1ccc(COc2ccc(CNC3CCCC3C3COCCN3)cc2)cc1. The molecule has 144 valence electrons. The predicted octanol–water partition coefficient (Wildman–Crippen LogP) is 3.51. The van der Waals surface area contributed by atoms with Gasteiger partial charge < -0.3 is 20.1 Å². The average Bonchev–Trinajstić information content (AvgIpc) is 3.21. The summed E-state index contributed by atoms with van der Waals surface area (Å²) in [5.41, 5.74) is 2.50. The third kappa shape index (κ3) is 5.10. The minimum Gasteiger partial charge on any atom is -0.489 e. The fourth-order valence-electron chi connectivity index (χ4n) is 4.28. The smallest absolute Gasteiger partial charge is 0.119 e. The summed E-state index contributed by atoms with van der Waals surface area (Å²) in [5, 5.41) is 7.43. The van der Waals surface area contributed by atoms with Gasteiger partial charge >= 0.3 is 0 Å². The van der Waals surface area contributed by atoms with Gasteiger partial charge in [0.1, 0.15) is 12.4 Å². The molecule has 2 N–H and O–H groups in total. The van der Waals surface area contributed by atoms with E-state index in [2.05, 4.69) is 47.0 Å². The molecule has 2 aromatic rings. The maximum absolute atomic E-state index is 5.88. The van der Waals surface area contributed by atoms with Gasteiger partial charge in [-0.05, 0) is 42.0 Å². The largest absolute Gasteiger partial charge is 0.489 e. The number of hydrogen-bond acceptors (Lipinski definition) is 4. The summed E-state index contributed by atoms with van der Waals surface area (Å²) in [5.74, 6) is 1.60. The van der Waals surface area contributed by atoms with Crippen molar-refractivity contribution in [2.75, 3.05) is 19.8 Å². The van der Waals surface area contributed by atoms with E-state index in [9.17, 15) is 0 Å². The Bertz CT molecular complexity index is 683. The number of benzene rings is 2. The highest BCUT2D eigenvalue weighted by atomic mass is 16.5. The maximum Gasteiger partial charge on any atom is 0.119 e. The lowest BCUT2D eigenvalue weighted by Gasteiger charge is -2.33. The molecule has 0 amide bonds. The van der Waals surface area contributed by atoms with Crippen molar-refractivity contribution in [1.82, 2.24) is 10.6 Å². The second kappa shape index (κ2) is 9.36. The summed E-state index contributed by atoms with van der Waals surface area (Å²) >= 11 is 0. The molecule has 1 saturated heterocycles. The van der Waals surface area contributed by atoms with Gasteiger partial charge in [0.05, 0.1) is 13.2 Å². The molecule has 1 heterocycles. The molecule has 2 fully saturated rings. The molecule has 0 spiro atoms. The van der Waals surface area contributed by atoms with Crippen LogP contribution in [0.4, 0.5) is 0 Å². The molecule has 1 aliphatic carbocycles. The molecule has 27 heavy (non-hydrogen) atoms. The van der Waals surface area contributed by atoms with E-state index >= 15 is 0 Å². The van der Waals surface area contributed by atoms with Crippen molar-refractivity contribution < 1.29 is 9.47 Å². The van der Waals surface area contributed by atoms with Crippen LogP contribution in [-0.4, -0.2) is 31.8 Å². The van der Waals surface area contributed by atoms with Crippen molar-refractivity contribution in [3.63, 3.8) is 0 Å². The van der Waals surface area contributed by atoms with Crippen molar-refractivity contribution in [3.8, 4) is 5.75 Å². The van der Waals surface area contributed by atoms with Crippen molar-refractivity contribution in [1.29, 1.82) is 0 Å². The molecule has 2 aromatic carbocycles. The normalized spacial score (nSPS) is 25.4. The van der Waals surface area contributed by atoms with Crippen LogP contribution < -0.4 is 15.4 Å². The van der Waals surface area contributed by atoms with Gasteiger partial charge in [-0.2, -0.15) is 0 Å². The van der Waals surface area contributed by atoms with Crippen LogP contribution >= 0.6 is 0 Å². The Labute approximate surface area is 162 Å². The topological polar surface area (TPSA) is 42.5 Å². The number of hydrogen-bond donors (Lipinski definition) is 2. The fraction of sp³-hybridized carbons (Fsp3) is 0.478. The molecule has 3 atom stereocenters. The first-order valence-electron chi connectivity index (χ1n) is 10.2. The van der Waals surface area contributed by atoms with Gasteiger partial charge in [0.15, 0.2) is 0 Å². The molecule has 0 radical (unpaired) electrons. The minimum atomic E-state index is 0.507. The molecule has 3 unspecified atom stereocenters. The van der Waals surface area contributed by atoms with E-state index in [0.717, 1.165) is 32.1 Å². The summed E-state index contributed by atoms with van der Waals surface area (Å²) < 4.78 is 11.5. The quantitative estimate of drug-likeness (QED) is 0.787. The lowest BCUT2D eigenvalue weighted by molar-refractivity contribution is 0.0524. The summed E-state index contributed by atoms with van der Waals surface area (Å²) in [4.78, 5) is 0. The van der Waals surface area contributed by atoms with Crippen LogP contribution in [0, 0.1) is 5.92 Å². The van der Waals surface area contributed by atoms with Crippen molar-refractivity contribution >= 4 is 0 Å². The first-order chi connectivity index (χ1) is 13.4. The van der Waals surface area contributed by atoms with E-state index in [-0.39, 0.29) is 0 Å². The molecular weight excluding hydrogens is 336 g/mol. The Morgan fingerprint density at radius 2 is 1.85 bits per heavy atom. The van der Waals surface area contributed by atoms with E-state index in [0.29, 0.717) is 24.6 Å². The molecule has 4 heteroatoms. The average molecular weight is 367 g/mol. The Balaban J connectivity index is 1.25. The van der Waals surface area contributed by atoms with Crippen molar-refractivity contribution in [2.24, 2.45) is 5.92 Å². The highest BCUT2D eigenvalue weighted by Crippen LogP contribution is 2.29. The molecular formula is C23H30N2O2. The Kier molecular flexibility index (Phi) is 6.40. The van der Waals surface area contributed by atoms with Crippen molar-refractivity contribution in [2.45, 2.75) is 44.5 Å². The monoisotopic (exact) mass is 366 g/mol. The zero-order chi connectivity index (χ0) is 18.3. The first-order valence-corrected chi connectivity index (χ1v) is 10.2. The van der Waals surface area contributed by atoms with Gasteiger partial charge in [0.25, 0.3) is 0 Å². The van der Waals surface area contributed by atoms with Gasteiger partial charge in [-0.25, -0.2) is 0 Å².